The number of Topliss-reactive ketones (excluding diaryl/α,β-unsaturated/α-hetero) is 1. The van der Waals surface area contributed by atoms with Gasteiger partial charge in [-0.25, -0.2) is 9.37 Å². The Bertz CT molecular complexity index is 1660. The molecule has 4 aromatic rings. The Morgan fingerprint density at radius 1 is 1.15 bits per heavy atom. The van der Waals surface area contributed by atoms with E-state index in [0.29, 0.717) is 34.2 Å². The van der Waals surface area contributed by atoms with E-state index in [-0.39, 0.29) is 33.2 Å². The first-order chi connectivity index (χ1) is 18.7. The summed E-state index contributed by atoms with van der Waals surface area (Å²) in [6, 6.07) is 7.82. The van der Waals surface area contributed by atoms with Gasteiger partial charge < -0.3 is 13.9 Å². The Labute approximate surface area is 228 Å². The maximum absolute atomic E-state index is 14.1. The van der Waals surface area contributed by atoms with Crippen molar-refractivity contribution in [3.05, 3.63) is 79.9 Å². The lowest BCUT2D eigenvalue weighted by atomic mass is 9.98. The van der Waals surface area contributed by atoms with E-state index in [9.17, 15) is 18.8 Å². The number of benzene rings is 2. The molecule has 1 amide bonds. The Morgan fingerprint density at radius 3 is 2.64 bits per heavy atom. The molecule has 0 bridgehead atoms. The molecule has 8 nitrogen and oxygen atoms in total. The number of rotatable bonds is 9. The normalized spacial score (nSPS) is 14.6. The van der Waals surface area contributed by atoms with Crippen LogP contribution in [0.25, 0.3) is 11.0 Å². The number of halogens is 1. The number of aromatic nitrogens is 1. The highest BCUT2D eigenvalue weighted by Gasteiger charge is 2.45. The smallest absolute Gasteiger partial charge is 0.297 e. The molecular formula is C29H27FN2O6S. The first-order valence-electron chi connectivity index (χ1n) is 12.6. The van der Waals surface area contributed by atoms with E-state index in [1.165, 1.54) is 31.1 Å². The fraction of sp³-hybridized carbons (Fsp3) is 0.310. The fourth-order valence-electron chi connectivity index (χ4n) is 4.78. The summed E-state index contributed by atoms with van der Waals surface area (Å²) in [6.07, 6.45) is 3.00. The van der Waals surface area contributed by atoms with Gasteiger partial charge in [-0.15, -0.1) is 0 Å². The minimum Gasteiger partial charge on any atom is -0.493 e. The van der Waals surface area contributed by atoms with E-state index in [4.69, 9.17) is 13.9 Å². The van der Waals surface area contributed by atoms with Crippen LogP contribution in [0.5, 0.6) is 11.5 Å². The van der Waals surface area contributed by atoms with Gasteiger partial charge in [-0.3, -0.25) is 19.3 Å². The summed E-state index contributed by atoms with van der Waals surface area (Å²) in [6.45, 7) is 5.75. The molecule has 1 atom stereocenters. The summed E-state index contributed by atoms with van der Waals surface area (Å²) in [5.74, 6) is -0.550. The lowest BCUT2D eigenvalue weighted by molar-refractivity contribution is 0.0969. The fourth-order valence-corrected chi connectivity index (χ4v) is 5.77. The number of aryl methyl sites for hydroxylation is 1. The summed E-state index contributed by atoms with van der Waals surface area (Å²) in [5.41, 5.74) is 0.659. The molecule has 0 fully saturated rings. The third-order valence-corrected chi connectivity index (χ3v) is 7.91. The largest absolute Gasteiger partial charge is 0.493 e. The van der Waals surface area contributed by atoms with Crippen molar-refractivity contribution in [1.82, 2.24) is 4.98 Å². The highest BCUT2D eigenvalue weighted by Crippen LogP contribution is 2.44. The van der Waals surface area contributed by atoms with E-state index in [1.54, 1.807) is 25.1 Å². The lowest BCUT2D eigenvalue weighted by Gasteiger charge is -2.23. The Morgan fingerprint density at radius 2 is 1.95 bits per heavy atom. The third kappa shape index (κ3) is 4.69. The average Bonchev–Trinajstić information content (AvgIpc) is 3.44. The molecule has 2 aromatic carbocycles. The van der Waals surface area contributed by atoms with Crippen molar-refractivity contribution >= 4 is 39.1 Å². The predicted molar refractivity (Wildman–Crippen MR) is 146 cm³/mol. The molecule has 202 valence electrons. The minimum atomic E-state index is -0.954. The molecule has 1 aliphatic rings. The van der Waals surface area contributed by atoms with Gasteiger partial charge in [-0.05, 0) is 49.2 Å². The van der Waals surface area contributed by atoms with Crippen molar-refractivity contribution < 1.29 is 27.9 Å². The molecule has 5 rings (SSSR count). The monoisotopic (exact) mass is 550 g/mol. The second kappa shape index (κ2) is 10.6. The van der Waals surface area contributed by atoms with Crippen LogP contribution in [0.1, 0.15) is 76.2 Å². The zero-order chi connectivity index (χ0) is 27.8. The summed E-state index contributed by atoms with van der Waals surface area (Å²) in [4.78, 5) is 46.0. The molecule has 2 aromatic heterocycles. The van der Waals surface area contributed by atoms with Crippen LogP contribution < -0.4 is 19.8 Å². The van der Waals surface area contributed by atoms with E-state index < -0.39 is 23.2 Å². The van der Waals surface area contributed by atoms with Crippen LogP contribution in [0.3, 0.4) is 0 Å². The molecule has 0 aliphatic carbocycles. The minimum absolute atomic E-state index is 0.0241. The first-order valence-corrected chi connectivity index (χ1v) is 13.5. The van der Waals surface area contributed by atoms with Crippen LogP contribution in [-0.2, 0) is 0 Å². The molecule has 0 spiro atoms. The maximum Gasteiger partial charge on any atom is 0.297 e. The van der Waals surface area contributed by atoms with Gasteiger partial charge in [0, 0.05) is 6.92 Å². The van der Waals surface area contributed by atoms with Crippen molar-refractivity contribution in [3.63, 3.8) is 0 Å². The van der Waals surface area contributed by atoms with Crippen LogP contribution >= 0.6 is 11.3 Å². The molecular weight excluding hydrogens is 523 g/mol. The number of nitrogens with zero attached hydrogens (tertiary/aromatic N) is 2. The highest BCUT2D eigenvalue weighted by molar-refractivity contribution is 7.17. The summed E-state index contributed by atoms with van der Waals surface area (Å²) < 4.78 is 31.5. The molecule has 0 N–H and O–H groups in total. The van der Waals surface area contributed by atoms with Gasteiger partial charge in [0.2, 0.25) is 5.76 Å². The number of hydrogen-bond donors (Lipinski definition) is 0. The van der Waals surface area contributed by atoms with Gasteiger partial charge >= 0.3 is 0 Å². The Hall–Kier alpha value is -4.05. The maximum atomic E-state index is 14.1. The van der Waals surface area contributed by atoms with Crippen LogP contribution in [0, 0.1) is 12.7 Å². The standard InChI is InChI=1S/C29H27FN2O6S/c1-5-6-7-12-37-21-10-8-17(13-22(21)36-4)24-23-25(34)19-14-18(30)9-11-20(19)38-26(23)28(35)32(24)29-31-15(2)27(39-29)16(3)33/h8-11,13-14,24H,5-7,12H2,1-4H3. The van der Waals surface area contributed by atoms with Crippen LogP contribution in [0.2, 0.25) is 0 Å². The molecule has 0 saturated carbocycles. The number of unbranched alkanes of at least 4 members (excludes halogenated alkanes) is 2. The van der Waals surface area contributed by atoms with Gasteiger partial charge in [0.05, 0.1) is 41.3 Å². The number of methoxy groups -OCH3 is 1. The van der Waals surface area contributed by atoms with Gasteiger partial charge in [-0.2, -0.15) is 0 Å². The van der Waals surface area contributed by atoms with Crippen molar-refractivity contribution in [2.24, 2.45) is 0 Å². The van der Waals surface area contributed by atoms with E-state index >= 15 is 0 Å². The Balaban J connectivity index is 1.69. The quantitative estimate of drug-likeness (QED) is 0.180. The number of ether oxygens (including phenoxy) is 2. The molecule has 1 aliphatic heterocycles. The number of anilines is 1. The zero-order valence-corrected chi connectivity index (χ0v) is 22.8. The van der Waals surface area contributed by atoms with E-state index in [0.717, 1.165) is 36.7 Å². The lowest BCUT2D eigenvalue weighted by Crippen LogP contribution is -2.29. The van der Waals surface area contributed by atoms with Crippen molar-refractivity contribution in [2.75, 3.05) is 18.6 Å². The summed E-state index contributed by atoms with van der Waals surface area (Å²) in [5, 5.41) is 0.267. The highest BCUT2D eigenvalue weighted by atomic mass is 32.1. The second-order valence-electron chi connectivity index (χ2n) is 9.33. The zero-order valence-electron chi connectivity index (χ0n) is 22.0. The van der Waals surface area contributed by atoms with E-state index in [2.05, 4.69) is 11.9 Å². The third-order valence-electron chi connectivity index (χ3n) is 6.65. The van der Waals surface area contributed by atoms with Crippen molar-refractivity contribution in [1.29, 1.82) is 0 Å². The van der Waals surface area contributed by atoms with E-state index in [1.807, 2.05) is 0 Å². The van der Waals surface area contributed by atoms with Crippen molar-refractivity contribution in [2.45, 2.75) is 46.1 Å². The molecule has 3 heterocycles. The first kappa shape index (κ1) is 26.6. The molecule has 0 saturated heterocycles. The molecule has 10 heteroatoms. The molecule has 39 heavy (non-hydrogen) atoms. The number of ketones is 1. The summed E-state index contributed by atoms with van der Waals surface area (Å²) in [7, 11) is 1.51. The van der Waals surface area contributed by atoms with Crippen molar-refractivity contribution in [3.8, 4) is 11.5 Å². The van der Waals surface area contributed by atoms with Gasteiger partial charge in [-0.1, -0.05) is 37.2 Å². The van der Waals surface area contributed by atoms with Crippen LogP contribution in [0.15, 0.2) is 45.6 Å². The number of amides is 1. The van der Waals surface area contributed by atoms with Crippen LogP contribution in [-0.4, -0.2) is 30.4 Å². The van der Waals surface area contributed by atoms with Gasteiger partial charge in [0.1, 0.15) is 11.4 Å². The summed E-state index contributed by atoms with van der Waals surface area (Å²) >= 11 is 1.06. The second-order valence-corrected chi connectivity index (χ2v) is 10.3. The predicted octanol–water partition coefficient (Wildman–Crippen LogP) is 6.23. The molecule has 1 unspecified atom stereocenters. The Kier molecular flexibility index (Phi) is 7.22. The number of thiazole rings is 1. The van der Waals surface area contributed by atoms with Gasteiger partial charge in [0.15, 0.2) is 27.8 Å². The number of hydrogen-bond acceptors (Lipinski definition) is 8. The average molecular weight is 551 g/mol. The number of carbonyl (C=O) groups excluding carboxylic acids is 2. The van der Waals surface area contributed by atoms with Crippen LogP contribution in [0.4, 0.5) is 9.52 Å². The van der Waals surface area contributed by atoms with Gasteiger partial charge in [0.25, 0.3) is 5.91 Å². The molecule has 0 radical (unpaired) electrons. The SMILES string of the molecule is CCCCCOc1ccc(C2c3c(oc4ccc(F)cc4c3=O)C(=O)N2c2nc(C)c(C(C)=O)s2)cc1OC. The topological polar surface area (TPSA) is 98.9 Å². The number of carbonyl (C=O) groups is 2. The number of fused-ring (bicyclic) bond motifs is 2.